The van der Waals surface area contributed by atoms with E-state index in [1.54, 1.807) is 24.9 Å². The van der Waals surface area contributed by atoms with Gasteiger partial charge in [0.2, 0.25) is 0 Å². The molecule has 0 bridgehead atoms. The normalized spacial score (nSPS) is 11.9. The Hall–Kier alpha value is -2.05. The van der Waals surface area contributed by atoms with Crippen LogP contribution in [0.2, 0.25) is 0 Å². The fourth-order valence-electron chi connectivity index (χ4n) is 2.48. The molecule has 0 aliphatic heterocycles. The van der Waals surface area contributed by atoms with E-state index in [4.69, 9.17) is 4.74 Å². The number of nitrogens with zero attached hydrogens (tertiary/aromatic N) is 2. The molecule has 2 aromatic carbocycles. The van der Waals surface area contributed by atoms with Gasteiger partial charge in [0.15, 0.2) is 4.80 Å². The van der Waals surface area contributed by atoms with Gasteiger partial charge in [-0.1, -0.05) is 30.4 Å². The van der Waals surface area contributed by atoms with Crippen LogP contribution in [0.15, 0.2) is 52.4 Å². The molecule has 0 unspecified atom stereocenters. The molecule has 0 aliphatic carbocycles. The van der Waals surface area contributed by atoms with Gasteiger partial charge < -0.3 is 9.30 Å². The van der Waals surface area contributed by atoms with E-state index >= 15 is 0 Å². The van der Waals surface area contributed by atoms with Gasteiger partial charge in [-0.05, 0) is 36.1 Å². The second-order valence-electron chi connectivity index (χ2n) is 5.13. The maximum atomic E-state index is 12.5. The summed E-state index contributed by atoms with van der Waals surface area (Å²) in [5.41, 5.74) is 1.56. The zero-order valence-electron chi connectivity index (χ0n) is 13.8. The first kappa shape index (κ1) is 16.8. The summed E-state index contributed by atoms with van der Waals surface area (Å²) in [4.78, 5) is 18.6. The van der Waals surface area contributed by atoms with Gasteiger partial charge in [0.1, 0.15) is 11.3 Å². The average Bonchev–Trinajstić information content (AvgIpc) is 2.91. The molecule has 4 nitrogen and oxygen atoms in total. The molecule has 1 amide bonds. The number of aromatic nitrogens is 1. The molecule has 0 N–H and O–H groups in total. The lowest BCUT2D eigenvalue weighted by molar-refractivity contribution is 0.0997. The van der Waals surface area contributed by atoms with Crippen LogP contribution in [0.1, 0.15) is 17.3 Å². The molecular weight excluding hydrogens is 340 g/mol. The SMILES string of the molecule is CCSc1cccc(C(=O)N=c2sc3cccc(OC)c3n2C)c1. The number of fused-ring (bicyclic) bond motifs is 1. The third-order valence-corrected chi connectivity index (χ3v) is 5.57. The highest BCUT2D eigenvalue weighted by molar-refractivity contribution is 7.99. The number of carbonyl (C=O) groups excluding carboxylic acids is 1. The van der Waals surface area contributed by atoms with E-state index in [1.807, 2.05) is 48.0 Å². The molecule has 0 aliphatic rings. The number of methoxy groups -OCH3 is 1. The van der Waals surface area contributed by atoms with Gasteiger partial charge in [-0.15, -0.1) is 11.8 Å². The van der Waals surface area contributed by atoms with Crippen LogP contribution in [0.5, 0.6) is 5.75 Å². The molecule has 0 radical (unpaired) electrons. The van der Waals surface area contributed by atoms with Crippen LogP contribution >= 0.6 is 23.1 Å². The number of thioether (sulfide) groups is 1. The zero-order valence-corrected chi connectivity index (χ0v) is 15.4. The summed E-state index contributed by atoms with van der Waals surface area (Å²) in [6.07, 6.45) is 0. The standard InChI is InChI=1S/C18H18N2O2S2/c1-4-23-13-8-5-7-12(11-13)17(21)19-18-20(2)16-14(22-3)9-6-10-15(16)24-18/h5-11H,4H2,1-3H3. The molecule has 0 saturated carbocycles. The summed E-state index contributed by atoms with van der Waals surface area (Å²) in [7, 11) is 3.54. The number of hydrogen-bond acceptors (Lipinski definition) is 4. The number of aryl methyl sites for hydroxylation is 1. The first-order valence-corrected chi connectivity index (χ1v) is 9.38. The molecule has 124 valence electrons. The van der Waals surface area contributed by atoms with Gasteiger partial charge in [-0.2, -0.15) is 4.99 Å². The minimum Gasteiger partial charge on any atom is -0.495 e. The second kappa shape index (κ2) is 7.23. The van der Waals surface area contributed by atoms with Crippen molar-refractivity contribution in [2.24, 2.45) is 12.0 Å². The van der Waals surface area contributed by atoms with Gasteiger partial charge in [0, 0.05) is 17.5 Å². The molecule has 0 saturated heterocycles. The van der Waals surface area contributed by atoms with Gasteiger partial charge in [-0.3, -0.25) is 4.79 Å². The van der Waals surface area contributed by atoms with Crippen molar-refractivity contribution in [2.45, 2.75) is 11.8 Å². The highest BCUT2D eigenvalue weighted by Crippen LogP contribution is 2.26. The van der Waals surface area contributed by atoms with E-state index in [9.17, 15) is 4.79 Å². The van der Waals surface area contributed by atoms with Crippen LogP contribution in [0.4, 0.5) is 0 Å². The summed E-state index contributed by atoms with van der Waals surface area (Å²) in [5, 5.41) is 0. The minimum atomic E-state index is -0.227. The number of ether oxygens (including phenoxy) is 1. The Morgan fingerprint density at radius 1 is 1.29 bits per heavy atom. The average molecular weight is 358 g/mol. The third-order valence-electron chi connectivity index (χ3n) is 3.59. The quantitative estimate of drug-likeness (QED) is 0.660. The van der Waals surface area contributed by atoms with Crippen molar-refractivity contribution in [2.75, 3.05) is 12.9 Å². The van der Waals surface area contributed by atoms with Crippen molar-refractivity contribution in [1.82, 2.24) is 4.57 Å². The maximum absolute atomic E-state index is 12.5. The van der Waals surface area contributed by atoms with Crippen LogP contribution in [0.25, 0.3) is 10.2 Å². The molecule has 1 aromatic heterocycles. The van der Waals surface area contributed by atoms with Gasteiger partial charge in [-0.25, -0.2) is 0 Å². The Labute approximate surface area is 148 Å². The first-order chi connectivity index (χ1) is 11.6. The Morgan fingerprint density at radius 3 is 2.83 bits per heavy atom. The molecule has 3 aromatic rings. The predicted molar refractivity (Wildman–Crippen MR) is 100 cm³/mol. The molecule has 0 spiro atoms. The summed E-state index contributed by atoms with van der Waals surface area (Å²) >= 11 is 3.19. The van der Waals surface area contributed by atoms with Crippen molar-refractivity contribution >= 4 is 39.2 Å². The molecular formula is C18H18N2O2S2. The van der Waals surface area contributed by atoms with Crippen LogP contribution in [0, 0.1) is 0 Å². The van der Waals surface area contributed by atoms with E-state index < -0.39 is 0 Å². The molecule has 6 heteroatoms. The lowest BCUT2D eigenvalue weighted by atomic mass is 10.2. The first-order valence-electron chi connectivity index (χ1n) is 7.58. The number of hydrogen-bond donors (Lipinski definition) is 0. The van der Waals surface area contributed by atoms with Crippen LogP contribution < -0.4 is 9.54 Å². The Balaban J connectivity index is 2.05. The van der Waals surface area contributed by atoms with Crippen LogP contribution in [-0.2, 0) is 7.05 Å². The summed E-state index contributed by atoms with van der Waals surface area (Å²) in [6.45, 7) is 2.09. The topological polar surface area (TPSA) is 43.6 Å². The lowest BCUT2D eigenvalue weighted by Crippen LogP contribution is -2.13. The largest absolute Gasteiger partial charge is 0.495 e. The molecule has 1 heterocycles. The van der Waals surface area contributed by atoms with Crippen molar-refractivity contribution in [3.05, 3.63) is 52.8 Å². The van der Waals surface area contributed by atoms with E-state index in [2.05, 4.69) is 11.9 Å². The summed E-state index contributed by atoms with van der Waals surface area (Å²) in [5.74, 6) is 1.52. The lowest BCUT2D eigenvalue weighted by Gasteiger charge is -2.03. The Kier molecular flexibility index (Phi) is 5.06. The number of benzene rings is 2. The van der Waals surface area contributed by atoms with E-state index in [0.717, 1.165) is 26.6 Å². The van der Waals surface area contributed by atoms with Crippen molar-refractivity contribution in [3.8, 4) is 5.75 Å². The fourth-order valence-corrected chi connectivity index (χ4v) is 4.23. The second-order valence-corrected chi connectivity index (χ2v) is 7.47. The predicted octanol–water partition coefficient (Wildman–Crippen LogP) is 4.10. The Morgan fingerprint density at radius 2 is 2.08 bits per heavy atom. The van der Waals surface area contributed by atoms with E-state index in [0.29, 0.717) is 10.4 Å². The monoisotopic (exact) mass is 358 g/mol. The van der Waals surface area contributed by atoms with Crippen molar-refractivity contribution in [3.63, 3.8) is 0 Å². The van der Waals surface area contributed by atoms with Crippen molar-refractivity contribution in [1.29, 1.82) is 0 Å². The number of thiazole rings is 1. The third kappa shape index (κ3) is 3.25. The van der Waals surface area contributed by atoms with Gasteiger partial charge in [0.05, 0.1) is 11.8 Å². The number of rotatable bonds is 4. The van der Waals surface area contributed by atoms with Crippen LogP contribution in [0.3, 0.4) is 0 Å². The van der Waals surface area contributed by atoms with Gasteiger partial charge >= 0.3 is 0 Å². The number of carbonyl (C=O) groups is 1. The minimum absolute atomic E-state index is 0.227. The highest BCUT2D eigenvalue weighted by Gasteiger charge is 2.10. The molecule has 3 rings (SSSR count). The summed E-state index contributed by atoms with van der Waals surface area (Å²) < 4.78 is 8.35. The molecule has 0 fully saturated rings. The Bertz CT molecular complexity index is 957. The van der Waals surface area contributed by atoms with Gasteiger partial charge in [0.25, 0.3) is 5.91 Å². The highest BCUT2D eigenvalue weighted by atomic mass is 32.2. The number of para-hydroxylation sites is 1. The smallest absolute Gasteiger partial charge is 0.279 e. The van der Waals surface area contributed by atoms with E-state index in [-0.39, 0.29) is 5.91 Å². The van der Waals surface area contributed by atoms with Crippen molar-refractivity contribution < 1.29 is 9.53 Å². The van der Waals surface area contributed by atoms with E-state index in [1.165, 1.54) is 11.3 Å². The fraction of sp³-hybridized carbons (Fsp3) is 0.222. The molecule has 24 heavy (non-hydrogen) atoms. The van der Waals surface area contributed by atoms with Crippen LogP contribution in [-0.4, -0.2) is 23.3 Å². The zero-order chi connectivity index (χ0) is 17.1. The number of amides is 1. The maximum Gasteiger partial charge on any atom is 0.279 e. The summed E-state index contributed by atoms with van der Waals surface area (Å²) in [6, 6.07) is 13.5. The molecule has 0 atom stereocenters.